The lowest BCUT2D eigenvalue weighted by Crippen LogP contribution is -2.35. The third-order valence-electron chi connectivity index (χ3n) is 6.17. The Bertz CT molecular complexity index is 1390. The van der Waals surface area contributed by atoms with Gasteiger partial charge in [0.05, 0.1) is 11.4 Å². The molecule has 1 aromatic heterocycles. The van der Waals surface area contributed by atoms with Crippen molar-refractivity contribution in [3.8, 4) is 16.8 Å². The summed E-state index contributed by atoms with van der Waals surface area (Å²) in [6.07, 6.45) is 0.813. The smallest absolute Gasteiger partial charge is 0.408 e. The zero-order valence-electron chi connectivity index (χ0n) is 18.8. The van der Waals surface area contributed by atoms with Gasteiger partial charge in [-0.05, 0) is 47.4 Å². The van der Waals surface area contributed by atoms with Crippen LogP contribution >= 0.6 is 15.9 Å². The first-order valence-corrected chi connectivity index (χ1v) is 11.9. The molecule has 1 unspecified atom stereocenters. The van der Waals surface area contributed by atoms with Gasteiger partial charge in [-0.2, -0.15) is 5.10 Å². The first kappa shape index (κ1) is 22.9. The van der Waals surface area contributed by atoms with Gasteiger partial charge in [0, 0.05) is 22.2 Å². The molecular formula is C27H22BrN3O4. The number of carboxylic acids is 1. The minimum atomic E-state index is -1.30. The Morgan fingerprint density at radius 3 is 2.34 bits per heavy atom. The van der Waals surface area contributed by atoms with E-state index in [1.807, 2.05) is 60.7 Å². The van der Waals surface area contributed by atoms with Gasteiger partial charge in [0.1, 0.15) is 6.61 Å². The number of hydrogen-bond donors (Lipinski definition) is 2. The molecule has 4 aromatic rings. The Hall–Kier alpha value is -3.91. The molecule has 1 aliphatic rings. The molecule has 5 rings (SSSR count). The number of carbonyl (C=O) groups is 2. The van der Waals surface area contributed by atoms with Gasteiger partial charge in [-0.15, -0.1) is 0 Å². The summed E-state index contributed by atoms with van der Waals surface area (Å²) in [6, 6.07) is 22.2. The van der Waals surface area contributed by atoms with Crippen LogP contribution in [0.5, 0.6) is 0 Å². The number of halogens is 1. The lowest BCUT2D eigenvalue weighted by molar-refractivity contribution is -0.139. The maximum absolute atomic E-state index is 12.7. The molecule has 0 saturated carbocycles. The highest BCUT2D eigenvalue weighted by Crippen LogP contribution is 2.44. The number of ether oxygens (including phenoxy) is 1. The van der Waals surface area contributed by atoms with Crippen LogP contribution in [0.3, 0.4) is 0 Å². The second kappa shape index (κ2) is 9.38. The summed E-state index contributed by atoms with van der Waals surface area (Å²) in [7, 11) is 0. The number of fused-ring (bicyclic) bond motifs is 3. The molecule has 1 amide bonds. The molecule has 8 heteroatoms. The molecule has 0 aliphatic heterocycles. The van der Waals surface area contributed by atoms with E-state index in [9.17, 15) is 14.7 Å². The Balaban J connectivity index is 1.33. The predicted octanol–water partition coefficient (Wildman–Crippen LogP) is 5.61. The van der Waals surface area contributed by atoms with E-state index >= 15 is 0 Å². The van der Waals surface area contributed by atoms with Crippen molar-refractivity contribution in [1.82, 2.24) is 15.1 Å². The number of aromatic nitrogens is 2. The summed E-state index contributed by atoms with van der Waals surface area (Å²) in [5, 5.41) is 16.8. The molecule has 1 atom stereocenters. The summed E-state index contributed by atoms with van der Waals surface area (Å²) in [6.45, 7) is 1.81. The molecule has 176 valence electrons. The lowest BCUT2D eigenvalue weighted by Gasteiger charge is -2.17. The Morgan fingerprint density at radius 1 is 1.06 bits per heavy atom. The molecule has 0 bridgehead atoms. The molecule has 7 nitrogen and oxygen atoms in total. The number of benzene rings is 3. The largest absolute Gasteiger partial charge is 0.479 e. The van der Waals surface area contributed by atoms with Crippen LogP contribution in [0.25, 0.3) is 16.8 Å². The maximum Gasteiger partial charge on any atom is 0.408 e. The van der Waals surface area contributed by atoms with E-state index in [0.717, 1.165) is 32.4 Å². The van der Waals surface area contributed by atoms with Crippen LogP contribution in [0.4, 0.5) is 4.79 Å². The summed E-state index contributed by atoms with van der Waals surface area (Å²) in [4.78, 5) is 24.8. The zero-order valence-corrected chi connectivity index (χ0v) is 20.4. The number of rotatable bonds is 6. The van der Waals surface area contributed by atoms with E-state index in [-0.39, 0.29) is 12.5 Å². The van der Waals surface area contributed by atoms with Crippen LogP contribution in [-0.2, 0) is 9.53 Å². The minimum Gasteiger partial charge on any atom is -0.479 e. The van der Waals surface area contributed by atoms with E-state index < -0.39 is 18.1 Å². The number of carbonyl (C=O) groups excluding carboxylic acids is 1. The lowest BCUT2D eigenvalue weighted by atomic mass is 9.98. The summed E-state index contributed by atoms with van der Waals surface area (Å²) in [5.74, 6) is -1.31. The number of alkyl carbamates (subject to hydrolysis) is 1. The van der Waals surface area contributed by atoms with Gasteiger partial charge < -0.3 is 15.2 Å². The molecule has 0 fully saturated rings. The second-order valence-electron chi connectivity index (χ2n) is 8.34. The molecule has 35 heavy (non-hydrogen) atoms. The standard InChI is InChI=1S/C27H22BrN3O4/c1-16-23(14-31(30-16)18-8-6-7-17(28)13-18)25(26(32)33)29-27(34)35-15-24-21-11-4-2-9-19(21)20-10-3-5-12-22(20)24/h2-14,24-25H,15H2,1H3,(H,29,34)(H,32,33). The average Bonchev–Trinajstić information content (AvgIpc) is 3.39. The first-order valence-electron chi connectivity index (χ1n) is 11.1. The normalized spacial score (nSPS) is 13.1. The van der Waals surface area contributed by atoms with Crippen molar-refractivity contribution in [3.63, 3.8) is 0 Å². The van der Waals surface area contributed by atoms with E-state index in [1.165, 1.54) is 0 Å². The molecule has 3 aromatic carbocycles. The maximum atomic E-state index is 12.7. The van der Waals surface area contributed by atoms with Crippen molar-refractivity contribution in [2.24, 2.45) is 0 Å². The number of nitrogens with zero attached hydrogens (tertiary/aromatic N) is 2. The fraction of sp³-hybridized carbons (Fsp3) is 0.148. The fourth-order valence-corrected chi connectivity index (χ4v) is 4.93. The van der Waals surface area contributed by atoms with Gasteiger partial charge in [0.15, 0.2) is 6.04 Å². The van der Waals surface area contributed by atoms with Gasteiger partial charge in [-0.25, -0.2) is 14.3 Å². The Labute approximate surface area is 210 Å². The van der Waals surface area contributed by atoms with Gasteiger partial charge in [0.2, 0.25) is 0 Å². The van der Waals surface area contributed by atoms with Crippen LogP contribution in [-0.4, -0.2) is 33.6 Å². The highest BCUT2D eigenvalue weighted by molar-refractivity contribution is 9.10. The number of carboxylic acid groups (broad SMARTS) is 1. The molecule has 2 N–H and O–H groups in total. The average molecular weight is 532 g/mol. The van der Waals surface area contributed by atoms with Gasteiger partial charge in [-0.1, -0.05) is 70.5 Å². The highest BCUT2D eigenvalue weighted by Gasteiger charge is 2.31. The molecule has 0 saturated heterocycles. The molecular weight excluding hydrogens is 510 g/mol. The zero-order chi connectivity index (χ0) is 24.5. The number of aliphatic carboxylic acids is 1. The van der Waals surface area contributed by atoms with E-state index in [2.05, 4.69) is 38.5 Å². The second-order valence-corrected chi connectivity index (χ2v) is 9.25. The van der Waals surface area contributed by atoms with Crippen molar-refractivity contribution >= 4 is 28.0 Å². The van der Waals surface area contributed by atoms with E-state index in [0.29, 0.717) is 11.3 Å². The van der Waals surface area contributed by atoms with Gasteiger partial charge in [-0.3, -0.25) is 0 Å². The van der Waals surface area contributed by atoms with Crippen LogP contribution in [0.1, 0.15) is 34.3 Å². The van der Waals surface area contributed by atoms with Crippen molar-refractivity contribution in [3.05, 3.63) is 106 Å². The van der Waals surface area contributed by atoms with Crippen LogP contribution in [0.15, 0.2) is 83.5 Å². The van der Waals surface area contributed by atoms with Crippen molar-refractivity contribution in [2.75, 3.05) is 6.61 Å². The molecule has 0 spiro atoms. The van der Waals surface area contributed by atoms with Crippen LogP contribution in [0, 0.1) is 6.92 Å². The van der Waals surface area contributed by atoms with Crippen LogP contribution < -0.4 is 5.32 Å². The fourth-order valence-electron chi connectivity index (χ4n) is 4.54. The molecule has 1 heterocycles. The SMILES string of the molecule is Cc1nn(-c2cccc(Br)c2)cc1C(NC(=O)OCC1c2ccccc2-c2ccccc21)C(=O)O. The topological polar surface area (TPSA) is 93.5 Å². The summed E-state index contributed by atoms with van der Waals surface area (Å²) >= 11 is 3.43. The first-order chi connectivity index (χ1) is 16.9. The Morgan fingerprint density at radius 2 is 1.71 bits per heavy atom. The number of hydrogen-bond acceptors (Lipinski definition) is 4. The summed E-state index contributed by atoms with van der Waals surface area (Å²) in [5.41, 5.74) is 6.05. The van der Waals surface area contributed by atoms with Crippen molar-refractivity contribution < 1.29 is 19.4 Å². The van der Waals surface area contributed by atoms with E-state index in [4.69, 9.17) is 4.74 Å². The van der Waals surface area contributed by atoms with E-state index in [1.54, 1.807) is 17.8 Å². The van der Waals surface area contributed by atoms with Crippen molar-refractivity contribution in [1.29, 1.82) is 0 Å². The number of aryl methyl sites for hydroxylation is 1. The third kappa shape index (κ3) is 4.44. The number of amides is 1. The minimum absolute atomic E-state index is 0.0997. The van der Waals surface area contributed by atoms with Gasteiger partial charge >= 0.3 is 12.1 Å². The van der Waals surface area contributed by atoms with Crippen molar-refractivity contribution in [2.45, 2.75) is 18.9 Å². The molecule has 0 radical (unpaired) electrons. The number of nitrogens with one attached hydrogen (secondary N) is 1. The Kier molecular flexibility index (Phi) is 6.13. The monoisotopic (exact) mass is 531 g/mol. The quantitative estimate of drug-likeness (QED) is 0.337. The summed E-state index contributed by atoms with van der Waals surface area (Å²) < 4.78 is 8.00. The highest BCUT2D eigenvalue weighted by atomic mass is 79.9. The third-order valence-corrected chi connectivity index (χ3v) is 6.67. The van der Waals surface area contributed by atoms with Gasteiger partial charge in [0.25, 0.3) is 0 Å². The predicted molar refractivity (Wildman–Crippen MR) is 135 cm³/mol. The van der Waals surface area contributed by atoms with Crippen LogP contribution in [0.2, 0.25) is 0 Å². The molecule has 1 aliphatic carbocycles.